The molecule has 0 bridgehead atoms. The molecule has 0 saturated carbocycles. The molecule has 0 spiro atoms. The molecule has 0 heterocycles. The summed E-state index contributed by atoms with van der Waals surface area (Å²) in [6, 6.07) is -0.629. The Kier molecular flexibility index (Phi) is 34.1. The van der Waals surface area contributed by atoms with Crippen LogP contribution in [0.15, 0.2) is 85.1 Å². The molecular weight excluding hydrogens is 679 g/mol. The molecule has 8 heteroatoms. The first kappa shape index (κ1) is 50.5. The highest BCUT2D eigenvalue weighted by molar-refractivity contribution is 5.72. The van der Waals surface area contributed by atoms with E-state index < -0.39 is 18.1 Å². The predicted octanol–water partition coefficient (Wildman–Crippen LogP) is 11.0. The van der Waals surface area contributed by atoms with Gasteiger partial charge in [0.1, 0.15) is 6.61 Å². The minimum absolute atomic E-state index is 0.0309. The lowest BCUT2D eigenvalue weighted by Gasteiger charge is -2.31. The SMILES string of the molecule is CC/C=C/C/C=C/C/C=C/C/C=C/CCCCCCCCC(=O)OCC(COCCC(C(=O)O)[N+](C)(C)C)OC(=O)CCC/C=C/C/C=C/C/C=C/CC. The number of carboxylic acids is 1. The van der Waals surface area contributed by atoms with E-state index >= 15 is 0 Å². The molecule has 2 unspecified atom stereocenters. The van der Waals surface area contributed by atoms with E-state index in [0.29, 0.717) is 19.3 Å². The topological polar surface area (TPSA) is 99.1 Å². The highest BCUT2D eigenvalue weighted by atomic mass is 16.6. The van der Waals surface area contributed by atoms with Crippen LogP contribution in [0.4, 0.5) is 0 Å². The summed E-state index contributed by atoms with van der Waals surface area (Å²) in [7, 11) is 5.49. The van der Waals surface area contributed by atoms with Gasteiger partial charge in [-0.05, 0) is 77.0 Å². The number of carbonyl (C=O) groups excluding carboxylic acids is 2. The summed E-state index contributed by atoms with van der Waals surface area (Å²) in [6.45, 7) is 4.40. The maximum atomic E-state index is 12.6. The molecule has 1 N–H and O–H groups in total. The monoisotopic (exact) mass is 755 g/mol. The van der Waals surface area contributed by atoms with Crippen molar-refractivity contribution in [3.8, 4) is 0 Å². The summed E-state index contributed by atoms with van der Waals surface area (Å²) in [6.07, 6.45) is 46.4. The van der Waals surface area contributed by atoms with Gasteiger partial charge in [-0.1, -0.05) is 125 Å². The van der Waals surface area contributed by atoms with Crippen molar-refractivity contribution in [3.05, 3.63) is 85.1 Å². The summed E-state index contributed by atoms with van der Waals surface area (Å²) in [5.41, 5.74) is 0. The summed E-state index contributed by atoms with van der Waals surface area (Å²) >= 11 is 0. The minimum atomic E-state index is -0.890. The molecule has 0 aromatic heterocycles. The van der Waals surface area contributed by atoms with E-state index in [1.807, 2.05) is 21.1 Å². The first-order valence-corrected chi connectivity index (χ1v) is 20.6. The molecular formula is C46H76NO7+. The summed E-state index contributed by atoms with van der Waals surface area (Å²) in [5, 5.41) is 9.59. The van der Waals surface area contributed by atoms with E-state index in [-0.39, 0.29) is 42.7 Å². The molecule has 0 amide bonds. The summed E-state index contributed by atoms with van der Waals surface area (Å²) in [4.78, 5) is 36.8. The Morgan fingerprint density at radius 2 is 1.00 bits per heavy atom. The molecule has 0 rings (SSSR count). The van der Waals surface area contributed by atoms with Crippen molar-refractivity contribution in [2.45, 2.75) is 148 Å². The van der Waals surface area contributed by atoms with E-state index in [4.69, 9.17) is 14.2 Å². The van der Waals surface area contributed by atoms with Crippen LogP contribution in [-0.4, -0.2) is 80.6 Å². The number of unbranched alkanes of at least 4 members (excludes halogenated alkanes) is 7. The van der Waals surface area contributed by atoms with Gasteiger partial charge in [0.15, 0.2) is 12.1 Å². The van der Waals surface area contributed by atoms with Crippen molar-refractivity contribution in [3.63, 3.8) is 0 Å². The number of ether oxygens (including phenoxy) is 3. The molecule has 0 fully saturated rings. The van der Waals surface area contributed by atoms with Gasteiger partial charge in [-0.25, -0.2) is 4.79 Å². The number of nitrogens with zero attached hydrogens (tertiary/aromatic N) is 1. The largest absolute Gasteiger partial charge is 0.477 e. The number of aliphatic carboxylic acids is 1. The van der Waals surface area contributed by atoms with E-state index in [0.717, 1.165) is 83.5 Å². The number of rotatable bonds is 35. The van der Waals surface area contributed by atoms with Crippen molar-refractivity contribution < 1.29 is 38.2 Å². The molecule has 0 aromatic carbocycles. The molecule has 8 nitrogen and oxygen atoms in total. The van der Waals surface area contributed by atoms with Crippen LogP contribution in [0, 0.1) is 0 Å². The van der Waals surface area contributed by atoms with Crippen molar-refractivity contribution in [1.29, 1.82) is 0 Å². The molecule has 0 radical (unpaired) electrons. The Balaban J connectivity index is 4.42. The smallest absolute Gasteiger partial charge is 0.362 e. The number of carboxylic acid groups (broad SMARTS) is 1. The van der Waals surface area contributed by atoms with Gasteiger partial charge in [0, 0.05) is 19.3 Å². The Morgan fingerprint density at radius 1 is 0.556 bits per heavy atom. The quantitative estimate of drug-likeness (QED) is 0.0298. The number of likely N-dealkylation sites (N-methyl/N-ethyl adjacent to an activating group) is 1. The second-order valence-corrected chi connectivity index (χ2v) is 14.5. The Labute approximate surface area is 329 Å². The second kappa shape index (κ2) is 36.5. The zero-order valence-electron chi connectivity index (χ0n) is 34.6. The van der Waals surface area contributed by atoms with Gasteiger partial charge in [-0.3, -0.25) is 9.59 Å². The van der Waals surface area contributed by atoms with Crippen LogP contribution >= 0.6 is 0 Å². The third kappa shape index (κ3) is 34.3. The molecule has 54 heavy (non-hydrogen) atoms. The normalized spacial score (nSPS) is 13.9. The van der Waals surface area contributed by atoms with Gasteiger partial charge in [-0.2, -0.15) is 0 Å². The first-order valence-electron chi connectivity index (χ1n) is 20.6. The minimum Gasteiger partial charge on any atom is -0.477 e. The lowest BCUT2D eigenvalue weighted by Crippen LogP contribution is -2.50. The van der Waals surface area contributed by atoms with Crippen molar-refractivity contribution in [2.75, 3.05) is 41.0 Å². The molecule has 0 aliphatic carbocycles. The van der Waals surface area contributed by atoms with Crippen LogP contribution < -0.4 is 0 Å². The van der Waals surface area contributed by atoms with Crippen LogP contribution in [0.25, 0.3) is 0 Å². The fraction of sp³-hybridized carbons (Fsp3) is 0.630. The average Bonchev–Trinajstić information content (AvgIpc) is 3.12. The highest BCUT2D eigenvalue weighted by Gasteiger charge is 2.31. The zero-order chi connectivity index (χ0) is 40.0. The third-order valence-corrected chi connectivity index (χ3v) is 8.54. The van der Waals surface area contributed by atoms with E-state index in [9.17, 15) is 19.5 Å². The molecule has 2 atom stereocenters. The predicted molar refractivity (Wildman–Crippen MR) is 224 cm³/mol. The standard InChI is InChI=1S/C46H75NO7/c1-6-8-10-12-14-16-18-19-20-21-22-23-24-25-27-28-30-32-34-36-44(48)53-41-42(40-52-39-38-43(46(50)51)47(3,4)5)54-45(49)37-35-33-31-29-26-17-15-13-11-9-7-2/h8-11,14-17,19-20,22-23,29,31,42-43H,6-7,12-13,18,21,24-28,30,32-41H2,1-5H3/p+1/b10-8+,11-9+,16-14+,17-15+,20-19+,23-22+,31-29+. The number of quaternary nitrogens is 1. The fourth-order valence-electron chi connectivity index (χ4n) is 5.40. The van der Waals surface area contributed by atoms with Gasteiger partial charge in [0.05, 0.1) is 34.4 Å². The van der Waals surface area contributed by atoms with Gasteiger partial charge in [0.2, 0.25) is 0 Å². The van der Waals surface area contributed by atoms with Crippen LogP contribution in [0.3, 0.4) is 0 Å². The average molecular weight is 755 g/mol. The van der Waals surface area contributed by atoms with Crippen LogP contribution in [-0.2, 0) is 28.6 Å². The van der Waals surface area contributed by atoms with E-state index in [2.05, 4.69) is 98.9 Å². The number of allylic oxidation sites excluding steroid dienone is 14. The maximum absolute atomic E-state index is 12.6. The van der Waals surface area contributed by atoms with Crippen LogP contribution in [0.2, 0.25) is 0 Å². The molecule has 0 saturated heterocycles. The molecule has 0 aliphatic rings. The number of carbonyl (C=O) groups is 3. The van der Waals surface area contributed by atoms with Gasteiger partial charge < -0.3 is 23.8 Å². The Morgan fingerprint density at radius 3 is 1.50 bits per heavy atom. The second-order valence-electron chi connectivity index (χ2n) is 14.5. The van der Waals surface area contributed by atoms with Crippen LogP contribution in [0.5, 0.6) is 0 Å². The number of hydrogen-bond donors (Lipinski definition) is 1. The van der Waals surface area contributed by atoms with Crippen molar-refractivity contribution >= 4 is 17.9 Å². The van der Waals surface area contributed by atoms with E-state index in [1.54, 1.807) is 0 Å². The van der Waals surface area contributed by atoms with Crippen molar-refractivity contribution in [1.82, 2.24) is 0 Å². The van der Waals surface area contributed by atoms with Crippen molar-refractivity contribution in [2.24, 2.45) is 0 Å². The Bertz CT molecular complexity index is 1160. The third-order valence-electron chi connectivity index (χ3n) is 8.54. The first-order chi connectivity index (χ1) is 26.1. The maximum Gasteiger partial charge on any atom is 0.362 e. The lowest BCUT2D eigenvalue weighted by atomic mass is 10.1. The summed E-state index contributed by atoms with van der Waals surface area (Å²) in [5.74, 6) is -1.57. The molecule has 0 aromatic rings. The Hall–Kier alpha value is -3.49. The van der Waals surface area contributed by atoms with Gasteiger partial charge in [-0.15, -0.1) is 0 Å². The van der Waals surface area contributed by atoms with Gasteiger partial charge in [0.25, 0.3) is 0 Å². The van der Waals surface area contributed by atoms with Crippen LogP contribution in [0.1, 0.15) is 136 Å². The number of hydrogen-bond acceptors (Lipinski definition) is 6. The summed E-state index contributed by atoms with van der Waals surface area (Å²) < 4.78 is 17.1. The van der Waals surface area contributed by atoms with Gasteiger partial charge >= 0.3 is 17.9 Å². The molecule has 306 valence electrons. The number of esters is 2. The lowest BCUT2D eigenvalue weighted by molar-refractivity contribution is -0.887. The highest BCUT2D eigenvalue weighted by Crippen LogP contribution is 2.12. The zero-order valence-corrected chi connectivity index (χ0v) is 34.6. The fourth-order valence-corrected chi connectivity index (χ4v) is 5.40. The van der Waals surface area contributed by atoms with E-state index in [1.165, 1.54) is 12.8 Å². The molecule has 0 aliphatic heterocycles.